The van der Waals surface area contributed by atoms with Gasteiger partial charge in [0.1, 0.15) is 0 Å². The van der Waals surface area contributed by atoms with Crippen LogP contribution in [0.25, 0.3) is 0 Å². The molecular weight excluding hydrogens is 260 g/mol. The maximum Gasteiger partial charge on any atom is 0.223 e. The van der Waals surface area contributed by atoms with E-state index in [4.69, 9.17) is 5.73 Å². The number of hydrogen-bond donors (Lipinski definition) is 1. The predicted molar refractivity (Wildman–Crippen MR) is 82.6 cm³/mol. The fourth-order valence-corrected chi connectivity index (χ4v) is 1.98. The second-order valence-electron chi connectivity index (χ2n) is 4.81. The molecule has 1 aromatic carbocycles. The molecule has 1 amide bonds. The monoisotopic (exact) mass is 284 g/mol. The van der Waals surface area contributed by atoms with Crippen LogP contribution in [0.3, 0.4) is 0 Å². The van der Waals surface area contributed by atoms with Crippen molar-refractivity contribution in [2.24, 2.45) is 5.73 Å². The molecule has 108 valence electrons. The second kappa shape index (κ2) is 8.94. The maximum absolute atomic E-state index is 12.2. The number of likely N-dealkylation sites (N-methyl/N-ethyl adjacent to an activating group) is 1. The Hall–Kier alpha value is -1.06. The first kappa shape index (κ1) is 17.9. The van der Waals surface area contributed by atoms with Gasteiger partial charge in [0.25, 0.3) is 0 Å². The van der Waals surface area contributed by atoms with Crippen molar-refractivity contribution >= 4 is 18.3 Å². The van der Waals surface area contributed by atoms with E-state index in [9.17, 15) is 4.79 Å². The Bertz CT molecular complexity index is 370. The summed E-state index contributed by atoms with van der Waals surface area (Å²) in [6.07, 6.45) is 1.53. The van der Waals surface area contributed by atoms with Crippen LogP contribution in [-0.2, 0) is 4.79 Å². The molecule has 0 aliphatic rings. The molecule has 1 rings (SSSR count). The van der Waals surface area contributed by atoms with Crippen molar-refractivity contribution in [3.05, 3.63) is 35.9 Å². The van der Waals surface area contributed by atoms with Gasteiger partial charge >= 0.3 is 0 Å². The third-order valence-electron chi connectivity index (χ3n) is 3.58. The van der Waals surface area contributed by atoms with Crippen LogP contribution in [0.15, 0.2) is 30.3 Å². The van der Waals surface area contributed by atoms with Gasteiger partial charge < -0.3 is 10.6 Å². The van der Waals surface area contributed by atoms with Gasteiger partial charge in [0.15, 0.2) is 0 Å². The van der Waals surface area contributed by atoms with Crippen molar-refractivity contribution < 1.29 is 4.79 Å². The summed E-state index contributed by atoms with van der Waals surface area (Å²) >= 11 is 0. The fourth-order valence-electron chi connectivity index (χ4n) is 1.98. The van der Waals surface area contributed by atoms with E-state index in [0.29, 0.717) is 18.9 Å². The van der Waals surface area contributed by atoms with E-state index in [2.05, 4.69) is 19.1 Å². The van der Waals surface area contributed by atoms with Gasteiger partial charge in [-0.2, -0.15) is 0 Å². The minimum Gasteiger partial charge on any atom is -0.342 e. The third kappa shape index (κ3) is 5.21. The Kier molecular flexibility index (Phi) is 8.44. The third-order valence-corrected chi connectivity index (χ3v) is 3.58. The van der Waals surface area contributed by atoms with Crippen molar-refractivity contribution in [1.82, 2.24) is 4.90 Å². The maximum atomic E-state index is 12.2. The molecule has 0 heterocycles. The van der Waals surface area contributed by atoms with Crippen LogP contribution < -0.4 is 5.73 Å². The second-order valence-corrected chi connectivity index (χ2v) is 4.81. The van der Waals surface area contributed by atoms with Crippen molar-refractivity contribution in [1.29, 1.82) is 0 Å². The summed E-state index contributed by atoms with van der Waals surface area (Å²) in [6.45, 7) is 4.60. The van der Waals surface area contributed by atoms with E-state index in [-0.39, 0.29) is 24.4 Å². The summed E-state index contributed by atoms with van der Waals surface area (Å²) in [4.78, 5) is 13.9. The molecule has 0 saturated carbocycles. The van der Waals surface area contributed by atoms with Crippen LogP contribution >= 0.6 is 12.4 Å². The standard InChI is InChI=1S/C15H24N2O.ClH/c1-4-13(14-8-6-5-7-9-14)10-15(18)17(3)12(2)11-16;/h5-9,12-13H,4,10-11,16H2,1-3H3;1H. The molecule has 3 nitrogen and oxygen atoms in total. The lowest BCUT2D eigenvalue weighted by Crippen LogP contribution is -2.40. The van der Waals surface area contributed by atoms with E-state index < -0.39 is 0 Å². The molecular formula is C15H25ClN2O. The molecule has 2 unspecified atom stereocenters. The normalized spacial score (nSPS) is 13.3. The lowest BCUT2D eigenvalue weighted by Gasteiger charge is -2.26. The molecule has 0 radical (unpaired) electrons. The topological polar surface area (TPSA) is 46.3 Å². The molecule has 0 aliphatic carbocycles. The molecule has 0 saturated heterocycles. The Morgan fingerprint density at radius 2 is 1.89 bits per heavy atom. The minimum atomic E-state index is 0. The summed E-state index contributed by atoms with van der Waals surface area (Å²) in [5.74, 6) is 0.467. The molecule has 0 aromatic heterocycles. The number of rotatable bonds is 6. The first-order valence-corrected chi connectivity index (χ1v) is 6.60. The Morgan fingerprint density at radius 3 is 2.37 bits per heavy atom. The lowest BCUT2D eigenvalue weighted by molar-refractivity contribution is -0.131. The Balaban J connectivity index is 0.00000324. The zero-order valence-electron chi connectivity index (χ0n) is 12.0. The first-order valence-electron chi connectivity index (χ1n) is 6.60. The average Bonchev–Trinajstić information content (AvgIpc) is 2.43. The van der Waals surface area contributed by atoms with Gasteiger partial charge in [0.2, 0.25) is 5.91 Å². The molecule has 19 heavy (non-hydrogen) atoms. The highest BCUT2D eigenvalue weighted by Gasteiger charge is 2.19. The molecule has 1 aromatic rings. The predicted octanol–water partition coefficient (Wildman–Crippen LogP) is 2.80. The van der Waals surface area contributed by atoms with Crippen molar-refractivity contribution in [3.8, 4) is 0 Å². The van der Waals surface area contributed by atoms with E-state index >= 15 is 0 Å². The van der Waals surface area contributed by atoms with Crippen LogP contribution in [0.4, 0.5) is 0 Å². The molecule has 0 aliphatic heterocycles. The minimum absolute atomic E-state index is 0. The van der Waals surface area contributed by atoms with E-state index in [1.165, 1.54) is 5.56 Å². The molecule has 0 fully saturated rings. The first-order chi connectivity index (χ1) is 8.60. The summed E-state index contributed by atoms with van der Waals surface area (Å²) in [6, 6.07) is 10.3. The number of nitrogens with zero attached hydrogens (tertiary/aromatic N) is 1. The number of carbonyl (C=O) groups is 1. The SMILES string of the molecule is CCC(CC(=O)N(C)C(C)CN)c1ccccc1.Cl. The zero-order chi connectivity index (χ0) is 13.5. The van der Waals surface area contributed by atoms with E-state index in [1.807, 2.05) is 32.2 Å². The number of halogens is 1. The fraction of sp³-hybridized carbons (Fsp3) is 0.533. The van der Waals surface area contributed by atoms with Gasteiger partial charge in [-0.25, -0.2) is 0 Å². The number of nitrogens with two attached hydrogens (primary N) is 1. The van der Waals surface area contributed by atoms with Crippen LogP contribution in [0.5, 0.6) is 0 Å². The van der Waals surface area contributed by atoms with Gasteiger partial charge in [-0.1, -0.05) is 37.3 Å². The van der Waals surface area contributed by atoms with E-state index in [0.717, 1.165) is 6.42 Å². The van der Waals surface area contributed by atoms with E-state index in [1.54, 1.807) is 4.90 Å². The molecule has 2 N–H and O–H groups in total. The zero-order valence-corrected chi connectivity index (χ0v) is 12.8. The Labute approximate surface area is 122 Å². The van der Waals surface area contributed by atoms with Crippen molar-refractivity contribution in [2.75, 3.05) is 13.6 Å². The molecule has 0 bridgehead atoms. The molecule has 0 spiro atoms. The van der Waals surface area contributed by atoms with Crippen LogP contribution in [-0.4, -0.2) is 30.4 Å². The van der Waals surface area contributed by atoms with Crippen LogP contribution in [0, 0.1) is 0 Å². The Morgan fingerprint density at radius 1 is 1.32 bits per heavy atom. The largest absolute Gasteiger partial charge is 0.342 e. The smallest absolute Gasteiger partial charge is 0.223 e. The number of amides is 1. The van der Waals surface area contributed by atoms with Crippen LogP contribution in [0.2, 0.25) is 0 Å². The van der Waals surface area contributed by atoms with Crippen molar-refractivity contribution in [3.63, 3.8) is 0 Å². The average molecular weight is 285 g/mol. The number of hydrogen-bond acceptors (Lipinski definition) is 2. The van der Waals surface area contributed by atoms with Gasteiger partial charge in [0, 0.05) is 26.1 Å². The molecule has 4 heteroatoms. The van der Waals surface area contributed by atoms with Gasteiger partial charge in [-0.15, -0.1) is 12.4 Å². The lowest BCUT2D eigenvalue weighted by atomic mass is 9.92. The quantitative estimate of drug-likeness (QED) is 0.873. The van der Waals surface area contributed by atoms with Crippen molar-refractivity contribution in [2.45, 2.75) is 38.6 Å². The summed E-state index contributed by atoms with van der Waals surface area (Å²) < 4.78 is 0. The summed E-state index contributed by atoms with van der Waals surface area (Å²) in [7, 11) is 1.83. The number of benzene rings is 1. The summed E-state index contributed by atoms with van der Waals surface area (Å²) in [5, 5.41) is 0. The van der Waals surface area contributed by atoms with Gasteiger partial charge in [-0.05, 0) is 24.8 Å². The number of carbonyl (C=O) groups excluding carboxylic acids is 1. The van der Waals surface area contributed by atoms with Crippen LogP contribution in [0.1, 0.15) is 38.2 Å². The highest BCUT2D eigenvalue weighted by atomic mass is 35.5. The highest BCUT2D eigenvalue weighted by Crippen LogP contribution is 2.23. The highest BCUT2D eigenvalue weighted by molar-refractivity contribution is 5.85. The van der Waals surface area contributed by atoms with Gasteiger partial charge in [0.05, 0.1) is 0 Å². The molecule has 2 atom stereocenters. The van der Waals surface area contributed by atoms with Gasteiger partial charge in [-0.3, -0.25) is 4.79 Å². The summed E-state index contributed by atoms with van der Waals surface area (Å²) in [5.41, 5.74) is 6.83.